The molecular formula is C23H27N5O3S. The highest BCUT2D eigenvalue weighted by Gasteiger charge is 2.19. The number of aryl methyl sites for hydroxylation is 3. The van der Waals surface area contributed by atoms with Crippen LogP contribution < -0.4 is 5.32 Å². The second kappa shape index (κ2) is 8.40. The number of imidazole rings is 1. The van der Waals surface area contributed by atoms with Gasteiger partial charge < -0.3 is 14.5 Å². The van der Waals surface area contributed by atoms with Gasteiger partial charge >= 0.3 is 0 Å². The minimum absolute atomic E-state index is 0.0952. The number of anilines is 1. The Labute approximate surface area is 187 Å². The van der Waals surface area contributed by atoms with Crippen molar-refractivity contribution < 1.29 is 13.2 Å². The van der Waals surface area contributed by atoms with Crippen LogP contribution in [0.15, 0.2) is 53.6 Å². The molecular weight excluding hydrogens is 426 g/mol. The quantitative estimate of drug-likeness (QED) is 0.465. The summed E-state index contributed by atoms with van der Waals surface area (Å²) in [6, 6.07) is 12.8. The van der Waals surface area contributed by atoms with Gasteiger partial charge in [-0.3, -0.25) is 4.79 Å². The van der Waals surface area contributed by atoms with E-state index in [4.69, 9.17) is 0 Å². The third kappa shape index (κ3) is 4.01. The van der Waals surface area contributed by atoms with Gasteiger partial charge in [0, 0.05) is 63.3 Å². The van der Waals surface area contributed by atoms with Gasteiger partial charge in [-0.25, -0.2) is 17.7 Å². The lowest BCUT2D eigenvalue weighted by atomic mass is 10.2. The number of hydrogen-bond acceptors (Lipinski definition) is 4. The number of nitrogens with one attached hydrogen (secondary N) is 1. The van der Waals surface area contributed by atoms with Crippen molar-refractivity contribution in [1.29, 1.82) is 0 Å². The number of sulfonamides is 1. The molecule has 0 saturated carbocycles. The van der Waals surface area contributed by atoms with Gasteiger partial charge in [0.1, 0.15) is 5.82 Å². The lowest BCUT2D eigenvalue weighted by Gasteiger charge is -2.10. The van der Waals surface area contributed by atoms with Crippen molar-refractivity contribution in [3.05, 3.63) is 54.5 Å². The fraction of sp³-hybridized carbons (Fsp3) is 0.304. The van der Waals surface area contributed by atoms with Crippen molar-refractivity contribution in [1.82, 2.24) is 18.4 Å². The van der Waals surface area contributed by atoms with Crippen molar-refractivity contribution in [2.45, 2.75) is 31.2 Å². The second-order valence-corrected chi connectivity index (χ2v) is 10.1. The molecule has 2 aromatic carbocycles. The molecule has 9 heteroatoms. The third-order valence-electron chi connectivity index (χ3n) is 5.69. The van der Waals surface area contributed by atoms with Crippen LogP contribution in [0.1, 0.15) is 19.2 Å². The number of amides is 1. The second-order valence-electron chi connectivity index (χ2n) is 7.95. The molecule has 0 unspecified atom stereocenters. The molecule has 0 aliphatic carbocycles. The maximum Gasteiger partial charge on any atom is 0.242 e. The predicted octanol–water partition coefficient (Wildman–Crippen LogP) is 3.37. The Morgan fingerprint density at radius 3 is 2.56 bits per heavy atom. The van der Waals surface area contributed by atoms with E-state index in [0.717, 1.165) is 34.5 Å². The monoisotopic (exact) mass is 453 g/mol. The molecule has 2 heterocycles. The first-order chi connectivity index (χ1) is 15.2. The molecule has 4 rings (SSSR count). The number of carbonyl (C=O) groups is 1. The average molecular weight is 454 g/mol. The van der Waals surface area contributed by atoms with Gasteiger partial charge in [0.15, 0.2) is 0 Å². The summed E-state index contributed by atoms with van der Waals surface area (Å²) in [6.45, 7) is 2.99. The van der Waals surface area contributed by atoms with Crippen LogP contribution in [0.4, 0.5) is 5.69 Å². The number of rotatable bonds is 7. The zero-order valence-electron chi connectivity index (χ0n) is 18.7. The summed E-state index contributed by atoms with van der Waals surface area (Å²) in [5, 5.41) is 4.04. The Kier molecular flexibility index (Phi) is 5.79. The molecule has 0 bridgehead atoms. The lowest BCUT2D eigenvalue weighted by Crippen LogP contribution is -2.22. The molecule has 0 aliphatic heterocycles. The van der Waals surface area contributed by atoms with Gasteiger partial charge in [-0.1, -0.05) is 0 Å². The summed E-state index contributed by atoms with van der Waals surface area (Å²) in [7, 11) is 1.34. The van der Waals surface area contributed by atoms with Crippen molar-refractivity contribution in [2.75, 3.05) is 19.4 Å². The Morgan fingerprint density at radius 2 is 1.84 bits per heavy atom. The van der Waals surface area contributed by atoms with E-state index in [1.807, 2.05) is 42.1 Å². The maximum atomic E-state index is 12.5. The predicted molar refractivity (Wildman–Crippen MR) is 126 cm³/mol. The largest absolute Gasteiger partial charge is 0.348 e. The van der Waals surface area contributed by atoms with Crippen molar-refractivity contribution in [3.63, 3.8) is 0 Å². The van der Waals surface area contributed by atoms with Gasteiger partial charge in [0.2, 0.25) is 15.9 Å². The summed E-state index contributed by atoms with van der Waals surface area (Å²) in [6.07, 6.45) is 2.76. The van der Waals surface area contributed by atoms with Crippen LogP contribution in [-0.2, 0) is 34.8 Å². The van der Waals surface area contributed by atoms with E-state index >= 15 is 0 Å². The molecule has 0 radical (unpaired) electrons. The maximum absolute atomic E-state index is 12.5. The topological polar surface area (TPSA) is 89.2 Å². The van der Waals surface area contributed by atoms with Gasteiger partial charge in [-0.15, -0.1) is 0 Å². The first kappa shape index (κ1) is 22.0. The summed E-state index contributed by atoms with van der Waals surface area (Å²) in [4.78, 5) is 17.3. The number of benzene rings is 2. The fourth-order valence-electron chi connectivity index (χ4n) is 3.83. The Hall–Kier alpha value is -3.17. The Morgan fingerprint density at radius 1 is 1.09 bits per heavy atom. The lowest BCUT2D eigenvalue weighted by molar-refractivity contribution is -0.116. The van der Waals surface area contributed by atoms with Crippen LogP contribution in [0.25, 0.3) is 21.9 Å². The van der Waals surface area contributed by atoms with Crippen LogP contribution in [0, 0.1) is 0 Å². The molecule has 168 valence electrons. The first-order valence-electron chi connectivity index (χ1n) is 10.5. The summed E-state index contributed by atoms with van der Waals surface area (Å²) in [5.74, 6) is 0.632. The number of carbonyl (C=O) groups excluding carboxylic acids is 1. The minimum Gasteiger partial charge on any atom is -0.348 e. The van der Waals surface area contributed by atoms with E-state index < -0.39 is 10.0 Å². The van der Waals surface area contributed by atoms with Gasteiger partial charge in [0.25, 0.3) is 0 Å². The molecule has 32 heavy (non-hydrogen) atoms. The standard InChI is InChI=1S/C23H27N5O3S/c1-5-28-13-12-16-14-17(6-8-20(16)28)24-23(29)11-10-22-25-19-15-18(32(30,31)26(2)3)7-9-21(19)27(22)4/h6-9,12-15H,5,10-11H2,1-4H3,(H,24,29). The number of fused-ring (bicyclic) bond motifs is 2. The van der Waals surface area contributed by atoms with Gasteiger partial charge in [0.05, 0.1) is 15.9 Å². The van der Waals surface area contributed by atoms with E-state index in [1.165, 1.54) is 18.4 Å². The minimum atomic E-state index is -3.53. The zero-order valence-corrected chi connectivity index (χ0v) is 19.5. The molecule has 0 fully saturated rings. The van der Waals surface area contributed by atoms with E-state index in [-0.39, 0.29) is 17.2 Å². The number of aromatic nitrogens is 3. The van der Waals surface area contributed by atoms with Crippen LogP contribution in [0.5, 0.6) is 0 Å². The van der Waals surface area contributed by atoms with E-state index in [0.29, 0.717) is 11.9 Å². The molecule has 0 spiro atoms. The SMILES string of the molecule is CCn1ccc2cc(NC(=O)CCc3nc4cc(S(=O)(=O)N(C)C)ccc4n3C)ccc21. The smallest absolute Gasteiger partial charge is 0.242 e. The van der Waals surface area contributed by atoms with Crippen LogP contribution in [0.3, 0.4) is 0 Å². The number of nitrogens with zero attached hydrogens (tertiary/aromatic N) is 4. The Bertz CT molecular complexity index is 1420. The average Bonchev–Trinajstić information content (AvgIpc) is 3.32. The Balaban J connectivity index is 1.47. The van der Waals surface area contributed by atoms with Crippen molar-refractivity contribution in [3.8, 4) is 0 Å². The molecule has 0 aliphatic rings. The highest BCUT2D eigenvalue weighted by molar-refractivity contribution is 7.89. The fourth-order valence-corrected chi connectivity index (χ4v) is 4.75. The van der Waals surface area contributed by atoms with Gasteiger partial charge in [-0.2, -0.15) is 0 Å². The van der Waals surface area contributed by atoms with Crippen molar-refractivity contribution in [2.24, 2.45) is 7.05 Å². The molecule has 1 N–H and O–H groups in total. The summed E-state index contributed by atoms with van der Waals surface area (Å²) < 4.78 is 30.0. The molecule has 1 amide bonds. The summed E-state index contributed by atoms with van der Waals surface area (Å²) >= 11 is 0. The zero-order chi connectivity index (χ0) is 23.0. The van der Waals surface area contributed by atoms with Gasteiger partial charge in [-0.05, 0) is 49.4 Å². The molecule has 8 nitrogen and oxygen atoms in total. The highest BCUT2D eigenvalue weighted by Crippen LogP contribution is 2.23. The normalized spacial score (nSPS) is 12.2. The molecule has 2 aromatic heterocycles. The molecule has 4 aromatic rings. The summed E-state index contributed by atoms with van der Waals surface area (Å²) in [5.41, 5.74) is 3.32. The highest BCUT2D eigenvalue weighted by atomic mass is 32.2. The van der Waals surface area contributed by atoms with E-state index in [2.05, 4.69) is 21.8 Å². The third-order valence-corrected chi connectivity index (χ3v) is 7.51. The van der Waals surface area contributed by atoms with E-state index in [9.17, 15) is 13.2 Å². The first-order valence-corrected chi connectivity index (χ1v) is 11.9. The molecule has 0 atom stereocenters. The van der Waals surface area contributed by atoms with Crippen LogP contribution >= 0.6 is 0 Å². The number of hydrogen-bond donors (Lipinski definition) is 1. The van der Waals surface area contributed by atoms with Crippen LogP contribution in [0.2, 0.25) is 0 Å². The van der Waals surface area contributed by atoms with Crippen LogP contribution in [-0.4, -0.2) is 46.8 Å². The van der Waals surface area contributed by atoms with E-state index in [1.54, 1.807) is 18.2 Å². The molecule has 0 saturated heterocycles. The van der Waals surface area contributed by atoms with Crippen molar-refractivity contribution >= 4 is 43.6 Å².